The average Bonchev–Trinajstić information content (AvgIpc) is 2.33. The molecule has 19 heavy (non-hydrogen) atoms. The van der Waals surface area contributed by atoms with E-state index in [-0.39, 0.29) is 11.2 Å². The first-order valence-electron chi connectivity index (χ1n) is 6.66. The summed E-state index contributed by atoms with van der Waals surface area (Å²) in [6.45, 7) is 12.3. The molecule has 0 saturated carbocycles. The molecule has 0 aliphatic rings. The molecule has 5 heteroatoms. The van der Waals surface area contributed by atoms with Gasteiger partial charge in [-0.1, -0.05) is 0 Å². The number of hydrogen-bond acceptors (Lipinski definition) is 4. The Morgan fingerprint density at radius 2 is 1.58 bits per heavy atom. The third kappa shape index (κ3) is 5.11. The normalized spacial score (nSPS) is 12.3. The van der Waals surface area contributed by atoms with E-state index in [1.165, 1.54) is 0 Å². The van der Waals surface area contributed by atoms with Gasteiger partial charge in [-0.05, 0) is 0 Å². The van der Waals surface area contributed by atoms with Gasteiger partial charge in [0.2, 0.25) is 0 Å². The van der Waals surface area contributed by atoms with Gasteiger partial charge in [0.15, 0.2) is 0 Å². The van der Waals surface area contributed by atoms with Crippen LogP contribution >= 0.6 is 0 Å². The molecule has 0 unspecified atom stereocenters. The average molecular weight is 299 g/mol. The van der Waals surface area contributed by atoms with Crippen LogP contribution in [0.4, 0.5) is 0 Å². The molecule has 1 aromatic rings. The zero-order valence-corrected chi connectivity index (χ0v) is 14.3. The van der Waals surface area contributed by atoms with Crippen molar-refractivity contribution in [1.82, 2.24) is 9.97 Å². The van der Waals surface area contributed by atoms with E-state index >= 15 is 0 Å². The summed E-state index contributed by atoms with van der Waals surface area (Å²) in [6.07, 6.45) is 3.54. The minimum absolute atomic E-state index is 0.239. The fourth-order valence-corrected chi connectivity index (χ4v) is 1.40. The molecule has 0 amide bonds. The molecule has 0 fully saturated rings. The summed E-state index contributed by atoms with van der Waals surface area (Å²) in [7, 11) is 0. The van der Waals surface area contributed by atoms with Crippen molar-refractivity contribution in [2.24, 2.45) is 0 Å². The SMILES string of the molecule is CCC(C)(C)Oc1nc[c]([Ti])c(OC(C)(C)CC)n1. The summed E-state index contributed by atoms with van der Waals surface area (Å²) in [5.41, 5.74) is -0.510. The van der Waals surface area contributed by atoms with Gasteiger partial charge in [0.25, 0.3) is 0 Å². The molecular formula is C14H23N2O2Ti. The summed E-state index contributed by atoms with van der Waals surface area (Å²) < 4.78 is 12.7. The third-order valence-corrected chi connectivity index (χ3v) is 3.71. The molecule has 0 aliphatic heterocycles. The van der Waals surface area contributed by atoms with Crippen molar-refractivity contribution in [3.63, 3.8) is 0 Å². The van der Waals surface area contributed by atoms with E-state index in [0.29, 0.717) is 11.9 Å². The molecular weight excluding hydrogens is 276 g/mol. The van der Waals surface area contributed by atoms with Crippen molar-refractivity contribution in [2.75, 3.05) is 0 Å². The minimum atomic E-state index is -0.271. The van der Waals surface area contributed by atoms with E-state index in [9.17, 15) is 0 Å². The summed E-state index contributed by atoms with van der Waals surface area (Å²) >= 11 is 1.94. The first-order chi connectivity index (χ1) is 8.69. The van der Waals surface area contributed by atoms with Crippen LogP contribution in [0.2, 0.25) is 0 Å². The quantitative estimate of drug-likeness (QED) is 0.758. The molecule has 0 atom stereocenters. The van der Waals surface area contributed by atoms with Crippen LogP contribution in [0.1, 0.15) is 54.4 Å². The molecule has 0 bridgehead atoms. The molecule has 0 spiro atoms. The van der Waals surface area contributed by atoms with Gasteiger partial charge >= 0.3 is 127 Å². The summed E-state index contributed by atoms with van der Waals surface area (Å²) in [5, 5.41) is 0. The van der Waals surface area contributed by atoms with E-state index in [0.717, 1.165) is 16.7 Å². The fourth-order valence-electron chi connectivity index (χ4n) is 1.13. The van der Waals surface area contributed by atoms with Gasteiger partial charge in [-0.2, -0.15) is 0 Å². The van der Waals surface area contributed by atoms with Crippen molar-refractivity contribution >= 4 is 3.87 Å². The van der Waals surface area contributed by atoms with Crippen LogP contribution in [-0.2, 0) is 20.4 Å². The van der Waals surface area contributed by atoms with Gasteiger partial charge in [0.1, 0.15) is 0 Å². The van der Waals surface area contributed by atoms with E-state index in [1.807, 2.05) is 48.1 Å². The van der Waals surface area contributed by atoms with Gasteiger partial charge in [0.05, 0.1) is 0 Å². The predicted octanol–water partition coefficient (Wildman–Crippen LogP) is 2.78. The van der Waals surface area contributed by atoms with Crippen LogP contribution in [0.25, 0.3) is 0 Å². The molecule has 0 aromatic carbocycles. The van der Waals surface area contributed by atoms with Crippen molar-refractivity contribution < 1.29 is 29.9 Å². The van der Waals surface area contributed by atoms with Crippen LogP contribution in [0.5, 0.6) is 11.9 Å². The zero-order chi connectivity index (χ0) is 14.7. The van der Waals surface area contributed by atoms with Crippen molar-refractivity contribution in [3.8, 4) is 11.9 Å². The van der Waals surface area contributed by atoms with E-state index in [1.54, 1.807) is 6.20 Å². The third-order valence-electron chi connectivity index (χ3n) is 3.18. The first kappa shape index (κ1) is 16.4. The Kier molecular flexibility index (Phi) is 5.39. The van der Waals surface area contributed by atoms with Crippen molar-refractivity contribution in [3.05, 3.63) is 6.20 Å². The van der Waals surface area contributed by atoms with Crippen molar-refractivity contribution in [2.45, 2.75) is 65.6 Å². The monoisotopic (exact) mass is 299 g/mol. The fraction of sp³-hybridized carbons (Fsp3) is 0.714. The Hall–Kier alpha value is -0.606. The topological polar surface area (TPSA) is 44.2 Å². The van der Waals surface area contributed by atoms with Gasteiger partial charge in [-0.3, -0.25) is 0 Å². The van der Waals surface area contributed by atoms with Crippen molar-refractivity contribution in [1.29, 1.82) is 0 Å². The molecule has 0 N–H and O–H groups in total. The Morgan fingerprint density at radius 3 is 2.11 bits per heavy atom. The Bertz CT molecular complexity index is 433. The maximum absolute atomic E-state index is 5.94. The second-order valence-electron chi connectivity index (χ2n) is 5.80. The number of aromatic nitrogens is 2. The second kappa shape index (κ2) is 6.23. The van der Waals surface area contributed by atoms with Gasteiger partial charge in [-0.15, -0.1) is 0 Å². The zero-order valence-electron chi connectivity index (χ0n) is 12.7. The molecule has 0 radical (unpaired) electrons. The molecule has 0 saturated heterocycles. The Morgan fingerprint density at radius 1 is 1.05 bits per heavy atom. The Balaban J connectivity index is 2.95. The predicted molar refractivity (Wildman–Crippen MR) is 71.7 cm³/mol. The number of rotatable bonds is 6. The molecule has 1 rings (SSSR count). The van der Waals surface area contributed by atoms with Gasteiger partial charge < -0.3 is 0 Å². The molecule has 105 valence electrons. The van der Waals surface area contributed by atoms with Gasteiger partial charge in [0, 0.05) is 0 Å². The number of hydrogen-bond donors (Lipinski definition) is 0. The molecule has 1 aromatic heterocycles. The van der Waals surface area contributed by atoms with Gasteiger partial charge in [-0.25, -0.2) is 0 Å². The summed E-state index contributed by atoms with van der Waals surface area (Å²) in [4.78, 5) is 8.60. The number of nitrogens with zero attached hydrogens (tertiary/aromatic N) is 2. The summed E-state index contributed by atoms with van der Waals surface area (Å²) in [6, 6.07) is 0.374. The number of ether oxygens (including phenoxy) is 2. The molecule has 4 nitrogen and oxygen atoms in total. The van der Waals surface area contributed by atoms with E-state index < -0.39 is 0 Å². The van der Waals surface area contributed by atoms with Crippen LogP contribution in [0, 0.1) is 0 Å². The molecule has 1 heterocycles. The summed E-state index contributed by atoms with van der Waals surface area (Å²) in [5.74, 6) is 0.601. The van der Waals surface area contributed by atoms with Crippen LogP contribution in [-0.4, -0.2) is 21.2 Å². The first-order valence-corrected chi connectivity index (χ1v) is 7.44. The second-order valence-corrected chi connectivity index (χ2v) is 6.64. The standard InChI is InChI=1S/C14H23N2O2.Ti/c1-7-13(3,4)17-11-9-10-15-12(16-11)18-14(5,6)8-2;/h10H,7-8H2,1-6H3;. The Labute approximate surface area is 127 Å². The maximum atomic E-state index is 5.94. The molecule has 0 aliphatic carbocycles. The van der Waals surface area contributed by atoms with Crippen LogP contribution in [0.3, 0.4) is 0 Å². The van der Waals surface area contributed by atoms with Crippen LogP contribution in [0.15, 0.2) is 6.20 Å². The van der Waals surface area contributed by atoms with E-state index in [4.69, 9.17) is 9.47 Å². The van der Waals surface area contributed by atoms with Crippen LogP contribution < -0.4 is 13.3 Å². The van der Waals surface area contributed by atoms with E-state index in [2.05, 4.69) is 23.8 Å².